The molecule has 2 aromatic heterocycles. The summed E-state index contributed by atoms with van der Waals surface area (Å²) in [4.78, 5) is 20.4. The van der Waals surface area contributed by atoms with Gasteiger partial charge in [0.2, 0.25) is 0 Å². The molecule has 0 aliphatic heterocycles. The number of fused-ring (bicyclic) bond motifs is 2. The van der Waals surface area contributed by atoms with E-state index >= 15 is 4.39 Å². The van der Waals surface area contributed by atoms with Gasteiger partial charge in [-0.1, -0.05) is 12.5 Å². The Morgan fingerprint density at radius 1 is 1.31 bits per heavy atom. The topological polar surface area (TPSA) is 92.9 Å². The first kappa shape index (κ1) is 19.6. The fourth-order valence-corrected chi connectivity index (χ4v) is 4.95. The number of pyridine rings is 2. The van der Waals surface area contributed by atoms with Crippen LogP contribution in [0.15, 0.2) is 36.7 Å². The molecule has 1 unspecified atom stereocenters. The van der Waals surface area contributed by atoms with Gasteiger partial charge in [0.25, 0.3) is 5.91 Å². The van der Waals surface area contributed by atoms with Crippen molar-refractivity contribution in [1.82, 2.24) is 9.97 Å². The average molecular weight is 397 g/mol. The van der Waals surface area contributed by atoms with E-state index in [1.54, 1.807) is 12.3 Å². The molecule has 2 aromatic rings. The molecular weight excluding hydrogens is 369 g/mol. The van der Waals surface area contributed by atoms with Gasteiger partial charge in [-0.05, 0) is 63.0 Å². The van der Waals surface area contributed by atoms with E-state index in [-0.39, 0.29) is 12.0 Å². The predicted octanol–water partition coefficient (Wildman–Crippen LogP) is 4.43. The van der Waals surface area contributed by atoms with Crippen LogP contribution in [0.5, 0.6) is 0 Å². The van der Waals surface area contributed by atoms with E-state index in [2.05, 4.69) is 27.5 Å². The Hall–Kier alpha value is -2.70. The van der Waals surface area contributed by atoms with E-state index in [4.69, 9.17) is 5.73 Å². The number of alkyl halides is 1. The summed E-state index contributed by atoms with van der Waals surface area (Å²) in [5.74, 6) is 1.36. The van der Waals surface area contributed by atoms with Crippen LogP contribution in [0.3, 0.4) is 0 Å². The third-order valence-electron chi connectivity index (χ3n) is 6.34. The Morgan fingerprint density at radius 2 is 2.17 bits per heavy atom. The zero-order valence-electron chi connectivity index (χ0n) is 16.7. The maximum atomic E-state index is 15.1. The van der Waals surface area contributed by atoms with Crippen LogP contribution in [0.2, 0.25) is 0 Å². The Bertz CT molecular complexity index is 877. The zero-order valence-corrected chi connectivity index (χ0v) is 16.7. The van der Waals surface area contributed by atoms with E-state index in [1.807, 2.05) is 18.2 Å². The maximum absolute atomic E-state index is 15.1. The van der Waals surface area contributed by atoms with Crippen LogP contribution in [0.25, 0.3) is 0 Å². The van der Waals surface area contributed by atoms with Crippen molar-refractivity contribution in [3.8, 4) is 0 Å². The number of anilines is 3. The van der Waals surface area contributed by atoms with Gasteiger partial charge in [-0.15, -0.1) is 0 Å². The van der Waals surface area contributed by atoms with Crippen LogP contribution >= 0.6 is 0 Å². The Morgan fingerprint density at radius 3 is 2.90 bits per heavy atom. The fraction of sp³-hybridized carbons (Fsp3) is 0.500. The number of nitrogens with zero attached hydrogens (tertiary/aromatic N) is 2. The van der Waals surface area contributed by atoms with Crippen LogP contribution in [0.4, 0.5) is 21.7 Å². The number of nitrogens with two attached hydrogens (primary N) is 1. The van der Waals surface area contributed by atoms with Crippen LogP contribution < -0.4 is 16.4 Å². The molecule has 2 saturated carbocycles. The molecule has 2 fully saturated rings. The maximum Gasteiger partial charge on any atom is 0.252 e. The number of aromatic nitrogens is 2. The number of hydrogen-bond acceptors (Lipinski definition) is 5. The molecule has 2 heterocycles. The second kappa shape index (κ2) is 7.97. The number of amides is 1. The highest BCUT2D eigenvalue weighted by Crippen LogP contribution is 2.48. The quantitative estimate of drug-likeness (QED) is 0.671. The Kier molecular flexibility index (Phi) is 5.39. The van der Waals surface area contributed by atoms with E-state index < -0.39 is 11.6 Å². The second-order valence-corrected chi connectivity index (χ2v) is 8.57. The van der Waals surface area contributed by atoms with Gasteiger partial charge < -0.3 is 16.4 Å². The van der Waals surface area contributed by atoms with Crippen LogP contribution in [-0.2, 0) is 0 Å². The predicted molar refractivity (Wildman–Crippen MR) is 112 cm³/mol. The number of primary amides is 1. The van der Waals surface area contributed by atoms with Crippen LogP contribution in [0, 0.1) is 11.8 Å². The third kappa shape index (κ3) is 4.49. The molecule has 4 atom stereocenters. The molecule has 154 valence electrons. The Labute approximate surface area is 170 Å². The molecular formula is C22H28FN5O. The van der Waals surface area contributed by atoms with Crippen LogP contribution in [-0.4, -0.2) is 27.6 Å². The average Bonchev–Trinajstić information content (AvgIpc) is 2.67. The number of carbonyl (C=O) groups excluding carboxylic acids is 1. The molecule has 2 aliphatic carbocycles. The van der Waals surface area contributed by atoms with Crippen molar-refractivity contribution in [2.75, 3.05) is 10.6 Å². The lowest BCUT2D eigenvalue weighted by atomic mass is 9.65. The van der Waals surface area contributed by atoms with Gasteiger partial charge in [-0.3, -0.25) is 4.79 Å². The van der Waals surface area contributed by atoms with Crippen molar-refractivity contribution in [2.24, 2.45) is 17.6 Å². The van der Waals surface area contributed by atoms with Gasteiger partial charge in [-0.2, -0.15) is 0 Å². The van der Waals surface area contributed by atoms with Gasteiger partial charge >= 0.3 is 0 Å². The largest absolute Gasteiger partial charge is 0.382 e. The van der Waals surface area contributed by atoms with Gasteiger partial charge in [0.15, 0.2) is 0 Å². The Balaban J connectivity index is 1.53. The van der Waals surface area contributed by atoms with Gasteiger partial charge in [-0.25, -0.2) is 14.4 Å². The molecule has 2 bridgehead atoms. The lowest BCUT2D eigenvalue weighted by molar-refractivity contribution is -0.000612. The highest BCUT2D eigenvalue weighted by molar-refractivity contribution is 5.98. The molecule has 0 radical (unpaired) electrons. The number of carbonyl (C=O) groups is 1. The second-order valence-electron chi connectivity index (χ2n) is 8.57. The number of nitrogens with one attached hydrogen (secondary N) is 2. The summed E-state index contributed by atoms with van der Waals surface area (Å²) in [5, 5.41) is 6.55. The summed E-state index contributed by atoms with van der Waals surface area (Å²) in [6.45, 7) is 2.06. The van der Waals surface area contributed by atoms with Crippen molar-refractivity contribution in [2.45, 2.75) is 57.2 Å². The third-order valence-corrected chi connectivity index (χ3v) is 6.34. The fourth-order valence-electron chi connectivity index (χ4n) is 4.95. The molecule has 0 spiro atoms. The lowest BCUT2D eigenvalue weighted by Gasteiger charge is -2.45. The first-order chi connectivity index (χ1) is 13.9. The molecule has 1 amide bonds. The summed E-state index contributed by atoms with van der Waals surface area (Å²) in [6.07, 6.45) is 8.25. The zero-order chi connectivity index (χ0) is 20.4. The van der Waals surface area contributed by atoms with Gasteiger partial charge in [0, 0.05) is 24.5 Å². The van der Waals surface area contributed by atoms with Crippen molar-refractivity contribution in [3.05, 3.63) is 42.2 Å². The number of hydrogen-bond donors (Lipinski definition) is 3. The summed E-state index contributed by atoms with van der Waals surface area (Å²) in [5.41, 5.74) is 5.47. The van der Waals surface area contributed by atoms with Gasteiger partial charge in [0.05, 0.1) is 11.3 Å². The minimum Gasteiger partial charge on any atom is -0.382 e. The summed E-state index contributed by atoms with van der Waals surface area (Å²) in [6, 6.07) is 7.33. The minimum absolute atomic E-state index is 0.0224. The van der Waals surface area contributed by atoms with Crippen LogP contribution in [0.1, 0.15) is 55.8 Å². The first-order valence-electron chi connectivity index (χ1n) is 10.4. The molecule has 0 aromatic carbocycles. The molecule has 0 saturated heterocycles. The van der Waals surface area contributed by atoms with Crippen molar-refractivity contribution in [3.63, 3.8) is 0 Å². The molecule has 2 aliphatic rings. The molecule has 29 heavy (non-hydrogen) atoms. The standard InChI is InChI=1S/C22H28FN5O/c1-14(16-9-15-5-4-7-22(23,11-15)12-16)27-18-10-20(26-13-17(18)21(24)29)28-19-6-2-3-8-25-19/h2-3,6,8,10,13-16H,4-5,7,9,11-12H2,1H3,(H2,24,29)(H2,25,26,27,28)/t14-,15?,16+,22-/m1/s1. The monoisotopic (exact) mass is 397 g/mol. The van der Waals surface area contributed by atoms with Crippen molar-refractivity contribution < 1.29 is 9.18 Å². The normalized spacial score (nSPS) is 27.1. The summed E-state index contributed by atoms with van der Waals surface area (Å²) < 4.78 is 15.1. The van der Waals surface area contributed by atoms with E-state index in [1.165, 1.54) is 6.20 Å². The van der Waals surface area contributed by atoms with Crippen molar-refractivity contribution >= 4 is 23.2 Å². The highest BCUT2D eigenvalue weighted by Gasteiger charge is 2.44. The first-order valence-corrected chi connectivity index (χ1v) is 10.4. The lowest BCUT2D eigenvalue weighted by Crippen LogP contribution is -2.43. The SMILES string of the molecule is C[C@@H](Nc1cc(Nc2ccccn2)ncc1C(N)=O)[C@H]1CC2CCC[C@@](F)(C2)C1. The van der Waals surface area contributed by atoms with Crippen molar-refractivity contribution in [1.29, 1.82) is 0 Å². The molecule has 6 nitrogen and oxygen atoms in total. The molecule has 7 heteroatoms. The summed E-state index contributed by atoms with van der Waals surface area (Å²) >= 11 is 0. The van der Waals surface area contributed by atoms with E-state index in [0.717, 1.165) is 19.3 Å². The minimum atomic E-state index is -1.03. The van der Waals surface area contributed by atoms with Gasteiger partial charge in [0.1, 0.15) is 17.3 Å². The molecule has 4 rings (SSSR count). The molecule has 4 N–H and O–H groups in total. The smallest absolute Gasteiger partial charge is 0.252 e. The van der Waals surface area contributed by atoms with E-state index in [0.29, 0.717) is 48.1 Å². The summed E-state index contributed by atoms with van der Waals surface area (Å²) in [7, 11) is 0. The number of halogens is 1. The number of rotatable bonds is 6. The van der Waals surface area contributed by atoms with E-state index in [9.17, 15) is 4.79 Å². The highest BCUT2D eigenvalue weighted by atomic mass is 19.1.